The van der Waals surface area contributed by atoms with Gasteiger partial charge in [0.25, 0.3) is 0 Å². The zero-order valence-corrected chi connectivity index (χ0v) is 15.9. The number of ether oxygens (including phenoxy) is 2. The van der Waals surface area contributed by atoms with Crippen molar-refractivity contribution in [2.45, 2.75) is 49.3 Å². The number of aliphatic hydroxyl groups excluding tert-OH is 1. The summed E-state index contributed by atoms with van der Waals surface area (Å²) < 4.78 is 11.9. The molecule has 4 N–H and O–H groups in total. The summed E-state index contributed by atoms with van der Waals surface area (Å²) in [5.74, 6) is 2.34. The number of likely N-dealkylation sites (tertiary alicyclic amines) is 1. The second-order valence-electron chi connectivity index (χ2n) is 7.73. The maximum absolute atomic E-state index is 10.6. The normalized spacial score (nSPS) is 36.7. The van der Waals surface area contributed by atoms with Crippen molar-refractivity contribution in [1.29, 1.82) is 0 Å². The lowest BCUT2D eigenvalue weighted by Crippen LogP contribution is -2.66. The van der Waals surface area contributed by atoms with Crippen LogP contribution >= 0.6 is 8.60 Å². The first-order valence-electron chi connectivity index (χ1n) is 9.02. The zero-order valence-electron chi connectivity index (χ0n) is 15.0. The molecule has 2 aliphatic heterocycles. The molecule has 1 aromatic carbocycles. The lowest BCUT2D eigenvalue weighted by molar-refractivity contribution is -0.0993. The predicted molar refractivity (Wildman–Crippen MR) is 96.1 cm³/mol. The van der Waals surface area contributed by atoms with Crippen LogP contribution in [0.4, 0.5) is 0 Å². The molecular weight excluding hydrogens is 357 g/mol. The first kappa shape index (κ1) is 18.4. The Labute approximate surface area is 154 Å². The van der Waals surface area contributed by atoms with E-state index < -0.39 is 8.60 Å². The molecule has 1 saturated carbocycles. The van der Waals surface area contributed by atoms with Crippen LogP contribution in [0.1, 0.15) is 30.4 Å². The van der Waals surface area contributed by atoms with Gasteiger partial charge in [-0.1, -0.05) is 6.07 Å². The highest BCUT2D eigenvalue weighted by Gasteiger charge is 2.65. The highest BCUT2D eigenvalue weighted by atomic mass is 31.2. The van der Waals surface area contributed by atoms with E-state index in [0.717, 1.165) is 43.7 Å². The minimum absolute atomic E-state index is 0.00625. The van der Waals surface area contributed by atoms with Gasteiger partial charge in [-0.2, -0.15) is 0 Å². The van der Waals surface area contributed by atoms with Crippen molar-refractivity contribution < 1.29 is 29.3 Å². The molecule has 144 valence electrons. The monoisotopic (exact) mass is 383 g/mol. The van der Waals surface area contributed by atoms with Crippen molar-refractivity contribution in [3.05, 3.63) is 23.3 Å². The number of benzene rings is 1. The van der Waals surface area contributed by atoms with Gasteiger partial charge in [-0.25, -0.2) is 0 Å². The van der Waals surface area contributed by atoms with Gasteiger partial charge in [0.15, 0.2) is 11.5 Å². The van der Waals surface area contributed by atoms with Crippen molar-refractivity contribution in [3.63, 3.8) is 0 Å². The maximum atomic E-state index is 10.6. The summed E-state index contributed by atoms with van der Waals surface area (Å²) in [6.45, 7) is 1.09. The molecule has 5 rings (SSSR count). The first-order valence-corrected chi connectivity index (χ1v) is 10.2. The summed E-state index contributed by atoms with van der Waals surface area (Å²) in [4.78, 5) is 24.2. The Morgan fingerprint density at radius 1 is 1.27 bits per heavy atom. The number of hydrogen-bond acceptors (Lipinski definition) is 7. The molecule has 4 aliphatic rings. The molecule has 1 saturated heterocycles. The van der Waals surface area contributed by atoms with Crippen LogP contribution in [0.5, 0.6) is 11.5 Å². The van der Waals surface area contributed by atoms with E-state index in [9.17, 15) is 5.11 Å². The van der Waals surface area contributed by atoms with Gasteiger partial charge in [0.1, 0.15) is 6.10 Å². The van der Waals surface area contributed by atoms with E-state index in [2.05, 4.69) is 18.0 Å². The van der Waals surface area contributed by atoms with Crippen LogP contribution in [0, 0.1) is 5.92 Å². The average Bonchev–Trinajstić information content (AvgIpc) is 2.94. The van der Waals surface area contributed by atoms with Gasteiger partial charge in [-0.05, 0) is 56.8 Å². The second-order valence-corrected chi connectivity index (χ2v) is 8.27. The molecule has 0 aromatic heterocycles. The molecular formula is C18H26NO6P. The second kappa shape index (κ2) is 6.59. The van der Waals surface area contributed by atoms with Gasteiger partial charge < -0.3 is 34.2 Å². The molecule has 8 heteroatoms. The molecule has 1 aromatic rings. The van der Waals surface area contributed by atoms with Gasteiger partial charge in [-0.15, -0.1) is 0 Å². The molecule has 2 aliphatic carbocycles. The minimum Gasteiger partial charge on any atom is -0.493 e. The van der Waals surface area contributed by atoms with Crippen LogP contribution < -0.4 is 9.47 Å². The fourth-order valence-electron chi connectivity index (χ4n) is 5.86. The van der Waals surface area contributed by atoms with E-state index in [1.54, 1.807) is 7.11 Å². The fraction of sp³-hybridized carbons (Fsp3) is 0.667. The largest absolute Gasteiger partial charge is 0.493 e. The molecule has 7 nitrogen and oxygen atoms in total. The average molecular weight is 383 g/mol. The van der Waals surface area contributed by atoms with Crippen molar-refractivity contribution in [2.75, 3.05) is 20.7 Å². The summed E-state index contributed by atoms with van der Waals surface area (Å²) in [5, 5.41) is 10.6. The topological polar surface area (TPSA) is 103 Å². The Morgan fingerprint density at radius 2 is 2.00 bits per heavy atom. The number of nitrogens with zero attached hydrogens (tertiary/aromatic N) is 1. The van der Waals surface area contributed by atoms with E-state index in [0.29, 0.717) is 12.0 Å². The molecule has 0 unspecified atom stereocenters. The summed E-state index contributed by atoms with van der Waals surface area (Å²) >= 11 is 0. The number of hydrogen-bond donors (Lipinski definition) is 4. The van der Waals surface area contributed by atoms with Crippen LogP contribution in [0.25, 0.3) is 0 Å². The van der Waals surface area contributed by atoms with E-state index in [-0.39, 0.29) is 17.6 Å². The van der Waals surface area contributed by atoms with Crippen molar-refractivity contribution in [1.82, 2.24) is 4.90 Å². The van der Waals surface area contributed by atoms with Gasteiger partial charge >= 0.3 is 8.60 Å². The summed E-state index contributed by atoms with van der Waals surface area (Å²) in [7, 11) is 1.34. The highest BCUT2D eigenvalue weighted by molar-refractivity contribution is 7.38. The Kier molecular flexibility index (Phi) is 4.66. The Balaban J connectivity index is 0.000000385. The third-order valence-corrected chi connectivity index (χ3v) is 6.77. The number of aliphatic hydroxyl groups is 1. The van der Waals surface area contributed by atoms with Gasteiger partial charge in [0.2, 0.25) is 0 Å². The summed E-state index contributed by atoms with van der Waals surface area (Å²) in [6, 6.07) is 4.83. The Bertz CT molecular complexity index is 698. The van der Waals surface area contributed by atoms with Crippen molar-refractivity contribution in [3.8, 4) is 11.5 Å². The van der Waals surface area contributed by atoms with E-state index in [4.69, 9.17) is 24.2 Å². The number of rotatable bonds is 1. The standard InChI is InChI=1S/C18H23NO3.H3O3P/c1-19-8-7-18-11-4-5-13(20)17(18)22-16-14(21-2)6-3-10(15(16)18)9-12(11)19;1-4(2)3/h3,6,11-13,17,20H,4-5,7-9H2,1-2H3;1-3H/t11-,12+,13-,17-,18-;/m0./s1. The third-order valence-electron chi connectivity index (χ3n) is 6.77. The van der Waals surface area contributed by atoms with Crippen LogP contribution in [-0.2, 0) is 11.8 Å². The van der Waals surface area contributed by atoms with Crippen LogP contribution in [0.15, 0.2) is 12.1 Å². The smallest absolute Gasteiger partial charge is 0.324 e. The van der Waals surface area contributed by atoms with Crippen LogP contribution in [-0.4, -0.2) is 63.6 Å². The van der Waals surface area contributed by atoms with E-state index >= 15 is 0 Å². The molecule has 26 heavy (non-hydrogen) atoms. The van der Waals surface area contributed by atoms with Crippen molar-refractivity contribution in [2.24, 2.45) is 5.92 Å². The number of piperidine rings is 1. The molecule has 2 heterocycles. The quantitative estimate of drug-likeness (QED) is 0.535. The van der Waals surface area contributed by atoms with Gasteiger partial charge in [-0.3, -0.25) is 0 Å². The zero-order chi connectivity index (χ0) is 18.6. The van der Waals surface area contributed by atoms with Gasteiger partial charge in [0.05, 0.1) is 13.2 Å². The SMILES string of the molecule is COc1ccc2c3c1O[C@H]1[C@@H](O)CC[C@H]4[C@@H](C2)N(C)CC[C@@]341.OP(O)O. The molecule has 2 fully saturated rings. The minimum atomic E-state index is -2.62. The van der Waals surface area contributed by atoms with Crippen LogP contribution in [0.2, 0.25) is 0 Å². The predicted octanol–water partition coefficient (Wildman–Crippen LogP) is 0.915. The Morgan fingerprint density at radius 3 is 2.69 bits per heavy atom. The molecule has 1 spiro atoms. The van der Waals surface area contributed by atoms with Crippen LogP contribution in [0.3, 0.4) is 0 Å². The van der Waals surface area contributed by atoms with Crippen molar-refractivity contribution >= 4 is 8.60 Å². The number of methoxy groups -OCH3 is 1. The molecule has 0 radical (unpaired) electrons. The third kappa shape index (κ3) is 2.49. The van der Waals surface area contributed by atoms with Gasteiger partial charge in [0, 0.05) is 17.0 Å². The molecule has 0 amide bonds. The van der Waals surface area contributed by atoms with E-state index in [1.165, 1.54) is 11.1 Å². The summed E-state index contributed by atoms with van der Waals surface area (Å²) in [5.41, 5.74) is 2.77. The fourth-order valence-corrected chi connectivity index (χ4v) is 5.86. The van der Waals surface area contributed by atoms with E-state index in [1.807, 2.05) is 6.07 Å². The Hall–Kier alpha value is -0.950. The lowest BCUT2D eigenvalue weighted by atomic mass is 9.51. The molecule has 2 bridgehead atoms. The highest BCUT2D eigenvalue weighted by Crippen LogP contribution is 2.63. The number of likely N-dealkylation sites (N-methyl/N-ethyl adjacent to an activating group) is 1. The lowest BCUT2D eigenvalue weighted by Gasteiger charge is -2.58. The molecule has 5 atom stereocenters. The first-order chi connectivity index (χ1) is 12.4. The summed E-state index contributed by atoms with van der Waals surface area (Å²) in [6.07, 6.45) is 3.69. The maximum Gasteiger partial charge on any atom is 0.324 e.